The molecular formula is C13H18N2O4. The average molecular weight is 266 g/mol. The maximum atomic E-state index is 11.6. The summed E-state index contributed by atoms with van der Waals surface area (Å²) in [5.74, 6) is -0.969. The van der Waals surface area contributed by atoms with Crippen molar-refractivity contribution in [2.45, 2.75) is 19.4 Å². The molecule has 0 aromatic heterocycles. The Bertz CT molecular complexity index is 444. The van der Waals surface area contributed by atoms with E-state index < -0.39 is 17.9 Å². The maximum absolute atomic E-state index is 11.6. The van der Waals surface area contributed by atoms with Crippen molar-refractivity contribution < 1.29 is 19.4 Å². The van der Waals surface area contributed by atoms with Crippen LogP contribution >= 0.6 is 0 Å². The van der Waals surface area contributed by atoms with Crippen molar-refractivity contribution in [2.24, 2.45) is 0 Å². The summed E-state index contributed by atoms with van der Waals surface area (Å²) in [5, 5.41) is 13.8. The number of anilines is 1. The molecular weight excluding hydrogens is 248 g/mol. The molecule has 0 aliphatic rings. The Balaban J connectivity index is 2.60. The number of rotatable bonds is 5. The highest BCUT2D eigenvalue weighted by Gasteiger charge is 2.17. The number of aliphatic hydroxyl groups excluding tert-OH is 1. The number of aliphatic hydroxyl groups is 1. The molecule has 0 unspecified atom stereocenters. The molecule has 0 spiro atoms. The van der Waals surface area contributed by atoms with Crippen LogP contribution in [-0.4, -0.2) is 36.7 Å². The molecule has 0 heterocycles. The third-order valence-electron chi connectivity index (χ3n) is 2.58. The summed E-state index contributed by atoms with van der Waals surface area (Å²) in [4.78, 5) is 23.2. The molecule has 0 aliphatic heterocycles. The number of nitrogens with one attached hydrogen (secondary N) is 2. The average Bonchev–Trinajstić information content (AvgIpc) is 2.44. The first-order valence-corrected chi connectivity index (χ1v) is 5.97. The van der Waals surface area contributed by atoms with Crippen molar-refractivity contribution in [2.75, 3.05) is 19.0 Å². The number of hydrogen-bond donors (Lipinski definition) is 3. The number of ether oxygens (including phenoxy) is 1. The molecule has 1 aromatic carbocycles. The number of methoxy groups -OCH3 is 1. The fraction of sp³-hybridized carbons (Fsp3) is 0.385. The van der Waals surface area contributed by atoms with E-state index in [4.69, 9.17) is 9.84 Å². The number of amides is 2. The van der Waals surface area contributed by atoms with Gasteiger partial charge in [0.1, 0.15) is 5.75 Å². The molecule has 0 saturated heterocycles. The van der Waals surface area contributed by atoms with Gasteiger partial charge in [0.2, 0.25) is 0 Å². The molecule has 0 saturated carbocycles. The second kappa shape index (κ2) is 7.38. The SMILES string of the molecule is CC[C@@H](CO)NC(=O)C(=O)Nc1cccc(OC)c1. The molecule has 1 rings (SSSR count). The second-order valence-corrected chi connectivity index (χ2v) is 3.95. The summed E-state index contributed by atoms with van der Waals surface area (Å²) in [5.41, 5.74) is 0.469. The van der Waals surface area contributed by atoms with E-state index in [9.17, 15) is 9.59 Å². The Hall–Kier alpha value is -2.08. The quantitative estimate of drug-likeness (QED) is 0.678. The highest BCUT2D eigenvalue weighted by molar-refractivity contribution is 6.39. The van der Waals surface area contributed by atoms with Gasteiger partial charge in [-0.15, -0.1) is 0 Å². The van der Waals surface area contributed by atoms with Crippen molar-refractivity contribution in [3.05, 3.63) is 24.3 Å². The first kappa shape index (κ1) is 15.0. The zero-order valence-electron chi connectivity index (χ0n) is 11.0. The van der Waals surface area contributed by atoms with E-state index in [0.717, 1.165) is 0 Å². The van der Waals surface area contributed by atoms with E-state index in [1.165, 1.54) is 7.11 Å². The fourth-order valence-electron chi connectivity index (χ4n) is 1.42. The van der Waals surface area contributed by atoms with Crippen LogP contribution in [-0.2, 0) is 9.59 Å². The predicted octanol–water partition coefficient (Wildman–Crippen LogP) is 0.521. The molecule has 6 nitrogen and oxygen atoms in total. The van der Waals surface area contributed by atoms with Crippen LogP contribution < -0.4 is 15.4 Å². The lowest BCUT2D eigenvalue weighted by molar-refractivity contribution is -0.136. The van der Waals surface area contributed by atoms with E-state index in [2.05, 4.69) is 10.6 Å². The van der Waals surface area contributed by atoms with Crippen molar-refractivity contribution in [1.29, 1.82) is 0 Å². The zero-order chi connectivity index (χ0) is 14.3. The molecule has 6 heteroatoms. The highest BCUT2D eigenvalue weighted by atomic mass is 16.5. The number of carbonyl (C=O) groups excluding carboxylic acids is 2. The van der Waals surface area contributed by atoms with E-state index in [0.29, 0.717) is 17.9 Å². The van der Waals surface area contributed by atoms with E-state index in [1.807, 2.05) is 0 Å². The molecule has 1 aromatic rings. The van der Waals surface area contributed by atoms with Crippen LogP contribution in [0.15, 0.2) is 24.3 Å². The van der Waals surface area contributed by atoms with Gasteiger partial charge in [-0.3, -0.25) is 9.59 Å². The lowest BCUT2D eigenvalue weighted by Crippen LogP contribution is -2.43. The summed E-state index contributed by atoms with van der Waals surface area (Å²) < 4.78 is 5.01. The summed E-state index contributed by atoms with van der Waals surface area (Å²) in [6.45, 7) is 1.61. The summed E-state index contributed by atoms with van der Waals surface area (Å²) in [6.07, 6.45) is 0.550. The molecule has 3 N–H and O–H groups in total. The highest BCUT2D eigenvalue weighted by Crippen LogP contribution is 2.16. The summed E-state index contributed by atoms with van der Waals surface area (Å²) in [6, 6.07) is 6.28. The van der Waals surface area contributed by atoms with Gasteiger partial charge in [-0.1, -0.05) is 13.0 Å². The lowest BCUT2D eigenvalue weighted by atomic mass is 10.2. The Morgan fingerprint density at radius 2 is 2.11 bits per heavy atom. The number of carbonyl (C=O) groups is 2. The molecule has 2 amide bonds. The van der Waals surface area contributed by atoms with E-state index in [-0.39, 0.29) is 6.61 Å². The maximum Gasteiger partial charge on any atom is 0.313 e. The predicted molar refractivity (Wildman–Crippen MR) is 70.9 cm³/mol. The smallest absolute Gasteiger partial charge is 0.313 e. The Morgan fingerprint density at radius 3 is 2.68 bits per heavy atom. The molecule has 0 aliphatic carbocycles. The minimum absolute atomic E-state index is 0.200. The normalized spacial score (nSPS) is 11.5. The minimum Gasteiger partial charge on any atom is -0.497 e. The number of benzene rings is 1. The molecule has 104 valence electrons. The molecule has 1 atom stereocenters. The minimum atomic E-state index is -0.778. The van der Waals surface area contributed by atoms with Crippen molar-refractivity contribution in [3.63, 3.8) is 0 Å². The number of hydrogen-bond acceptors (Lipinski definition) is 4. The van der Waals surface area contributed by atoms with Gasteiger partial charge in [0, 0.05) is 11.8 Å². The third kappa shape index (κ3) is 4.59. The van der Waals surface area contributed by atoms with Gasteiger partial charge in [0.05, 0.1) is 19.8 Å². The van der Waals surface area contributed by atoms with Crippen LogP contribution in [0.3, 0.4) is 0 Å². The summed E-state index contributed by atoms with van der Waals surface area (Å²) in [7, 11) is 1.51. The molecule has 0 bridgehead atoms. The first-order chi connectivity index (χ1) is 9.10. The Kier molecular flexibility index (Phi) is 5.81. The van der Waals surface area contributed by atoms with Gasteiger partial charge in [-0.05, 0) is 18.6 Å². The van der Waals surface area contributed by atoms with E-state index in [1.54, 1.807) is 31.2 Å². The van der Waals surface area contributed by atoms with Gasteiger partial charge in [0.15, 0.2) is 0 Å². The lowest BCUT2D eigenvalue weighted by Gasteiger charge is -2.13. The molecule has 0 fully saturated rings. The van der Waals surface area contributed by atoms with E-state index >= 15 is 0 Å². The van der Waals surface area contributed by atoms with Crippen molar-refractivity contribution in [1.82, 2.24) is 5.32 Å². The fourth-order valence-corrected chi connectivity index (χ4v) is 1.42. The van der Waals surface area contributed by atoms with Gasteiger partial charge in [-0.2, -0.15) is 0 Å². The van der Waals surface area contributed by atoms with Crippen LogP contribution in [0.1, 0.15) is 13.3 Å². The molecule has 0 radical (unpaired) electrons. The molecule has 19 heavy (non-hydrogen) atoms. The van der Waals surface area contributed by atoms with Crippen LogP contribution in [0.4, 0.5) is 5.69 Å². The van der Waals surface area contributed by atoms with Gasteiger partial charge in [-0.25, -0.2) is 0 Å². The van der Waals surface area contributed by atoms with Crippen LogP contribution in [0.5, 0.6) is 5.75 Å². The van der Waals surface area contributed by atoms with Crippen molar-refractivity contribution >= 4 is 17.5 Å². The van der Waals surface area contributed by atoms with Crippen LogP contribution in [0.25, 0.3) is 0 Å². The topological polar surface area (TPSA) is 87.7 Å². The monoisotopic (exact) mass is 266 g/mol. The van der Waals surface area contributed by atoms with Crippen LogP contribution in [0, 0.1) is 0 Å². The van der Waals surface area contributed by atoms with Gasteiger partial charge >= 0.3 is 11.8 Å². The Labute approximate surface area is 111 Å². The third-order valence-corrected chi connectivity index (χ3v) is 2.58. The standard InChI is InChI=1S/C13H18N2O4/c1-3-9(8-16)14-12(17)13(18)15-10-5-4-6-11(7-10)19-2/h4-7,9,16H,3,8H2,1-2H3,(H,14,17)(H,15,18)/t9-/m0/s1. The van der Waals surface area contributed by atoms with Crippen LogP contribution in [0.2, 0.25) is 0 Å². The largest absolute Gasteiger partial charge is 0.497 e. The first-order valence-electron chi connectivity index (χ1n) is 5.97. The Morgan fingerprint density at radius 1 is 1.37 bits per heavy atom. The summed E-state index contributed by atoms with van der Waals surface area (Å²) >= 11 is 0. The van der Waals surface area contributed by atoms with Gasteiger partial charge < -0.3 is 20.5 Å². The second-order valence-electron chi connectivity index (χ2n) is 3.95. The van der Waals surface area contributed by atoms with Gasteiger partial charge in [0.25, 0.3) is 0 Å². The van der Waals surface area contributed by atoms with Crippen molar-refractivity contribution in [3.8, 4) is 5.75 Å². The zero-order valence-corrected chi connectivity index (χ0v) is 11.0.